The Kier molecular flexibility index (Phi) is 6.43. The number of anilines is 2. The number of carbonyl (C=O) groups excluding carboxylic acids is 1. The topological polar surface area (TPSA) is 32.3 Å². The number of rotatable bonds is 5. The van der Waals surface area contributed by atoms with Crippen molar-refractivity contribution in [3.63, 3.8) is 0 Å². The summed E-state index contributed by atoms with van der Waals surface area (Å²) in [5, 5.41) is 3.55. The number of alkyl halides is 2. The number of nitrogens with zero attached hydrogens (tertiary/aromatic N) is 1. The molecule has 1 N–H and O–H groups in total. The smallest absolute Gasteiger partial charge is 0.288 e. The van der Waals surface area contributed by atoms with E-state index in [1.807, 2.05) is 23.1 Å². The second kappa shape index (κ2) is 8.77. The number of nitrogens with one attached hydrogen (secondary N) is 1. The molecule has 0 radical (unpaired) electrons. The minimum absolute atomic E-state index is 0.00168. The molecule has 3 nitrogen and oxygen atoms in total. The maximum absolute atomic E-state index is 12.8. The Bertz CT molecular complexity index is 755. The molecule has 26 heavy (non-hydrogen) atoms. The molecular formula is C19H20F2N2OS2. The summed E-state index contributed by atoms with van der Waals surface area (Å²) >= 11 is 2.31. The Labute approximate surface area is 160 Å². The van der Waals surface area contributed by atoms with Gasteiger partial charge in [-0.05, 0) is 42.8 Å². The summed E-state index contributed by atoms with van der Waals surface area (Å²) in [4.78, 5) is 16.2. The SMILES string of the molecule is CC1CCN(C(=O)CNc2ccc(SC(F)F)cc2)c2ccccc2S1. The lowest BCUT2D eigenvalue weighted by Crippen LogP contribution is -2.36. The van der Waals surface area contributed by atoms with Crippen LogP contribution in [0, 0.1) is 0 Å². The van der Waals surface area contributed by atoms with Crippen LogP contribution in [0.25, 0.3) is 0 Å². The van der Waals surface area contributed by atoms with Gasteiger partial charge < -0.3 is 10.2 Å². The number of hydrogen-bond acceptors (Lipinski definition) is 4. The molecule has 2 aromatic rings. The second-order valence-corrected chi connectivity index (χ2v) is 8.53. The van der Waals surface area contributed by atoms with Crippen molar-refractivity contribution in [2.24, 2.45) is 0 Å². The van der Waals surface area contributed by atoms with Gasteiger partial charge in [-0.25, -0.2) is 0 Å². The Balaban J connectivity index is 1.64. The number of benzene rings is 2. The van der Waals surface area contributed by atoms with Crippen LogP contribution >= 0.6 is 23.5 Å². The maximum Gasteiger partial charge on any atom is 0.288 e. The van der Waals surface area contributed by atoms with Gasteiger partial charge >= 0.3 is 0 Å². The van der Waals surface area contributed by atoms with Crippen molar-refractivity contribution >= 4 is 40.8 Å². The summed E-state index contributed by atoms with van der Waals surface area (Å²) in [7, 11) is 0. The fourth-order valence-corrected chi connectivity index (χ4v) is 4.39. The van der Waals surface area contributed by atoms with E-state index in [2.05, 4.69) is 18.3 Å². The van der Waals surface area contributed by atoms with Gasteiger partial charge in [0.05, 0.1) is 12.2 Å². The molecule has 1 unspecified atom stereocenters. The van der Waals surface area contributed by atoms with Gasteiger partial charge in [0.15, 0.2) is 0 Å². The van der Waals surface area contributed by atoms with Crippen molar-refractivity contribution < 1.29 is 13.6 Å². The largest absolute Gasteiger partial charge is 0.376 e. The first kappa shape index (κ1) is 19.0. The first-order valence-corrected chi connectivity index (χ1v) is 10.1. The van der Waals surface area contributed by atoms with Crippen molar-refractivity contribution in [3.8, 4) is 0 Å². The van der Waals surface area contributed by atoms with Gasteiger partial charge in [0.25, 0.3) is 5.76 Å². The van der Waals surface area contributed by atoms with E-state index in [1.54, 1.807) is 36.0 Å². The highest BCUT2D eigenvalue weighted by atomic mass is 32.2. The zero-order valence-corrected chi connectivity index (χ0v) is 16.0. The third-order valence-electron chi connectivity index (χ3n) is 4.07. The number of carbonyl (C=O) groups is 1. The molecule has 1 heterocycles. The highest BCUT2D eigenvalue weighted by Crippen LogP contribution is 2.37. The van der Waals surface area contributed by atoms with Crippen LogP contribution in [0.3, 0.4) is 0 Å². The van der Waals surface area contributed by atoms with Crippen LogP contribution in [0.4, 0.5) is 20.2 Å². The average molecular weight is 395 g/mol. The van der Waals surface area contributed by atoms with Crippen molar-refractivity contribution in [1.29, 1.82) is 0 Å². The molecule has 0 fully saturated rings. The Morgan fingerprint density at radius 2 is 2.00 bits per heavy atom. The summed E-state index contributed by atoms with van der Waals surface area (Å²) in [6, 6.07) is 14.7. The van der Waals surface area contributed by atoms with E-state index in [0.717, 1.165) is 22.7 Å². The molecule has 7 heteroatoms. The first-order valence-electron chi connectivity index (χ1n) is 8.38. The number of amides is 1. The van der Waals surface area contributed by atoms with Crippen LogP contribution in [-0.2, 0) is 4.79 Å². The third-order valence-corrected chi connectivity index (χ3v) is 6.03. The molecule has 0 bridgehead atoms. The molecular weight excluding hydrogens is 374 g/mol. The normalized spacial score (nSPS) is 16.9. The van der Waals surface area contributed by atoms with Crippen LogP contribution in [0.5, 0.6) is 0 Å². The number of para-hydroxylation sites is 1. The van der Waals surface area contributed by atoms with Gasteiger partial charge in [-0.1, -0.05) is 30.8 Å². The molecule has 0 saturated heterocycles. The van der Waals surface area contributed by atoms with Crippen LogP contribution in [0.2, 0.25) is 0 Å². The molecule has 0 saturated carbocycles. The number of hydrogen-bond donors (Lipinski definition) is 1. The molecule has 1 aliphatic rings. The minimum atomic E-state index is -2.43. The molecule has 0 aromatic heterocycles. The van der Waals surface area contributed by atoms with E-state index in [-0.39, 0.29) is 12.5 Å². The standard InChI is InChI=1S/C19H20F2N2OS2/c1-13-10-11-23(16-4-2-3-5-17(16)25-13)18(24)12-22-14-6-8-15(9-7-14)26-19(20)21/h2-9,13,19,22H,10-12H2,1H3. The van der Waals surface area contributed by atoms with E-state index in [1.165, 1.54) is 0 Å². The van der Waals surface area contributed by atoms with E-state index in [9.17, 15) is 13.6 Å². The monoisotopic (exact) mass is 394 g/mol. The maximum atomic E-state index is 12.8. The van der Waals surface area contributed by atoms with Crippen LogP contribution in [0.15, 0.2) is 58.3 Å². The van der Waals surface area contributed by atoms with Gasteiger partial charge in [-0.2, -0.15) is 8.78 Å². The van der Waals surface area contributed by atoms with Crippen LogP contribution < -0.4 is 10.2 Å². The predicted octanol–water partition coefficient (Wildman–Crippen LogP) is 5.33. The fraction of sp³-hybridized carbons (Fsp3) is 0.316. The Hall–Kier alpha value is -1.73. The van der Waals surface area contributed by atoms with E-state index >= 15 is 0 Å². The van der Waals surface area contributed by atoms with Gasteiger partial charge in [0.2, 0.25) is 5.91 Å². The summed E-state index contributed by atoms with van der Waals surface area (Å²) in [5.74, 6) is -2.43. The predicted molar refractivity (Wildman–Crippen MR) is 106 cm³/mol. The highest BCUT2D eigenvalue weighted by molar-refractivity contribution is 8.00. The average Bonchev–Trinajstić information content (AvgIpc) is 2.78. The lowest BCUT2D eigenvalue weighted by molar-refractivity contribution is -0.117. The van der Waals surface area contributed by atoms with Crippen molar-refractivity contribution in [2.45, 2.75) is 34.1 Å². The second-order valence-electron chi connectivity index (χ2n) is 5.99. The van der Waals surface area contributed by atoms with E-state index in [0.29, 0.717) is 28.5 Å². The van der Waals surface area contributed by atoms with Gasteiger partial charge in [0, 0.05) is 27.3 Å². The summed E-state index contributed by atoms with van der Waals surface area (Å²) in [6.07, 6.45) is 0.935. The molecule has 3 rings (SSSR count). The van der Waals surface area contributed by atoms with E-state index < -0.39 is 5.76 Å². The minimum Gasteiger partial charge on any atom is -0.376 e. The van der Waals surface area contributed by atoms with Gasteiger partial charge in [-0.3, -0.25) is 4.79 Å². The molecule has 0 spiro atoms. The van der Waals surface area contributed by atoms with E-state index in [4.69, 9.17) is 0 Å². The third kappa shape index (κ3) is 4.92. The number of halogens is 2. The molecule has 1 amide bonds. The molecule has 0 aliphatic carbocycles. The van der Waals surface area contributed by atoms with Gasteiger partial charge in [-0.15, -0.1) is 11.8 Å². The lowest BCUT2D eigenvalue weighted by Gasteiger charge is -2.23. The first-order chi connectivity index (χ1) is 12.5. The number of fused-ring (bicyclic) bond motifs is 1. The quantitative estimate of drug-likeness (QED) is 0.695. The fourth-order valence-electron chi connectivity index (χ4n) is 2.77. The zero-order chi connectivity index (χ0) is 18.5. The molecule has 1 aliphatic heterocycles. The van der Waals surface area contributed by atoms with Crippen molar-refractivity contribution in [2.75, 3.05) is 23.3 Å². The molecule has 138 valence electrons. The molecule has 2 aromatic carbocycles. The summed E-state index contributed by atoms with van der Waals surface area (Å²) in [5.41, 5.74) is 1.69. The molecule has 1 atom stereocenters. The van der Waals surface area contributed by atoms with Crippen molar-refractivity contribution in [1.82, 2.24) is 0 Å². The lowest BCUT2D eigenvalue weighted by atomic mass is 10.2. The van der Waals surface area contributed by atoms with Crippen molar-refractivity contribution in [3.05, 3.63) is 48.5 Å². The Morgan fingerprint density at radius 1 is 1.27 bits per heavy atom. The Morgan fingerprint density at radius 3 is 2.73 bits per heavy atom. The number of thioether (sulfide) groups is 2. The summed E-state index contributed by atoms with van der Waals surface area (Å²) in [6.45, 7) is 3.02. The highest BCUT2D eigenvalue weighted by Gasteiger charge is 2.23. The summed E-state index contributed by atoms with van der Waals surface area (Å²) < 4.78 is 24.7. The van der Waals surface area contributed by atoms with Crippen LogP contribution in [0.1, 0.15) is 13.3 Å². The van der Waals surface area contributed by atoms with Gasteiger partial charge in [0.1, 0.15) is 0 Å². The zero-order valence-electron chi connectivity index (χ0n) is 14.3. The van der Waals surface area contributed by atoms with Crippen LogP contribution in [-0.4, -0.2) is 30.0 Å².